The Morgan fingerprint density at radius 2 is 1.35 bits per heavy atom. The normalized spacial score (nSPS) is 12.6. The van der Waals surface area contributed by atoms with Gasteiger partial charge in [-0.2, -0.15) is 0 Å². The minimum Gasteiger partial charge on any atom is -0.544 e. The predicted molar refractivity (Wildman–Crippen MR) is 41.6 cm³/mol. The molecule has 0 radical (unpaired) electrons. The fourth-order valence-corrected chi connectivity index (χ4v) is 1.16. The summed E-state index contributed by atoms with van der Waals surface area (Å²) in [6.45, 7) is 0. The summed E-state index contributed by atoms with van der Waals surface area (Å²) in [4.78, 5) is 10.3. The van der Waals surface area contributed by atoms with Crippen molar-refractivity contribution in [3.05, 3.63) is 34.6 Å². The maximum Gasteiger partial charge on any atom is 0.200 e. The molecule has 0 aromatic heterocycles. The third kappa shape index (κ3) is 2.36. The standard InChI is InChI=1S/C9H6F5NO2/c10-4-2(1-3(15)9(16)17)5(11)7(13)8(14)6(4)12/h3H,1,15H2,(H,16,17)/t3-/m0/s1. The number of rotatable bonds is 3. The molecular formula is C9H6F5NO2. The van der Waals surface area contributed by atoms with Crippen LogP contribution in [0.15, 0.2) is 0 Å². The topological polar surface area (TPSA) is 67.8 Å². The van der Waals surface area contributed by atoms with Crippen LogP contribution >= 0.6 is 0 Å². The second kappa shape index (κ2) is 4.66. The predicted octanol–water partition coefficient (Wildman–Crippen LogP) is -0.715. The highest BCUT2D eigenvalue weighted by atomic mass is 19.2. The SMILES string of the molecule is [NH3+][C@@H](Cc1c(F)c(F)c(F)c(F)c1F)C(=O)[O-]. The zero-order valence-electron chi connectivity index (χ0n) is 8.20. The Bertz CT molecular complexity index is 448. The Labute approximate surface area is 91.6 Å². The summed E-state index contributed by atoms with van der Waals surface area (Å²) in [7, 11) is 0. The number of halogens is 5. The third-order valence-electron chi connectivity index (χ3n) is 2.08. The van der Waals surface area contributed by atoms with E-state index in [1.807, 2.05) is 0 Å². The van der Waals surface area contributed by atoms with Crippen LogP contribution in [0.3, 0.4) is 0 Å². The first-order chi connectivity index (χ1) is 7.77. The molecule has 1 rings (SSSR count). The molecule has 8 heteroatoms. The smallest absolute Gasteiger partial charge is 0.200 e. The van der Waals surface area contributed by atoms with Crippen molar-refractivity contribution in [2.45, 2.75) is 12.5 Å². The molecule has 0 amide bonds. The van der Waals surface area contributed by atoms with Gasteiger partial charge in [-0.15, -0.1) is 0 Å². The fourth-order valence-electron chi connectivity index (χ4n) is 1.16. The van der Waals surface area contributed by atoms with Gasteiger partial charge in [-0.3, -0.25) is 0 Å². The number of hydrogen-bond donors (Lipinski definition) is 1. The summed E-state index contributed by atoms with van der Waals surface area (Å²) >= 11 is 0. The summed E-state index contributed by atoms with van der Waals surface area (Å²) < 4.78 is 64.2. The minimum absolute atomic E-state index is 0.950. The van der Waals surface area contributed by atoms with Crippen molar-refractivity contribution in [3.8, 4) is 0 Å². The number of carbonyl (C=O) groups is 1. The van der Waals surface area contributed by atoms with Crippen molar-refractivity contribution >= 4 is 5.97 Å². The first-order valence-electron chi connectivity index (χ1n) is 4.31. The Morgan fingerprint density at radius 1 is 1.00 bits per heavy atom. The average Bonchev–Trinajstić information content (AvgIpc) is 2.29. The number of quaternary nitrogens is 1. The van der Waals surface area contributed by atoms with Crippen molar-refractivity contribution in [1.82, 2.24) is 0 Å². The Hall–Kier alpha value is -1.70. The van der Waals surface area contributed by atoms with Crippen LogP contribution < -0.4 is 10.8 Å². The summed E-state index contributed by atoms with van der Waals surface area (Å²) in [6, 6.07) is -1.62. The highest BCUT2D eigenvalue weighted by Crippen LogP contribution is 2.23. The molecule has 3 nitrogen and oxygen atoms in total. The second-order valence-corrected chi connectivity index (χ2v) is 3.27. The van der Waals surface area contributed by atoms with E-state index in [9.17, 15) is 31.9 Å². The van der Waals surface area contributed by atoms with Gasteiger partial charge in [0.25, 0.3) is 0 Å². The number of carbonyl (C=O) groups excluding carboxylic acids is 1. The van der Waals surface area contributed by atoms with Gasteiger partial charge in [-0.25, -0.2) is 22.0 Å². The molecule has 0 fully saturated rings. The molecule has 1 aromatic rings. The molecule has 0 saturated heterocycles. The number of benzene rings is 1. The molecule has 0 unspecified atom stereocenters. The molecule has 0 saturated carbocycles. The van der Waals surface area contributed by atoms with Gasteiger partial charge in [0.15, 0.2) is 23.3 Å². The zero-order valence-corrected chi connectivity index (χ0v) is 8.20. The van der Waals surface area contributed by atoms with E-state index in [0.717, 1.165) is 0 Å². The number of carboxylic acid groups (broad SMARTS) is 1. The third-order valence-corrected chi connectivity index (χ3v) is 2.08. The maximum absolute atomic E-state index is 13.1. The summed E-state index contributed by atoms with van der Waals surface area (Å²) in [6.07, 6.45) is -0.950. The molecule has 0 aliphatic rings. The first-order valence-corrected chi connectivity index (χ1v) is 4.31. The van der Waals surface area contributed by atoms with E-state index in [2.05, 4.69) is 5.73 Å². The lowest BCUT2D eigenvalue weighted by Crippen LogP contribution is -2.69. The largest absolute Gasteiger partial charge is 0.544 e. The Balaban J connectivity index is 3.30. The van der Waals surface area contributed by atoms with Gasteiger partial charge in [0.1, 0.15) is 6.04 Å². The molecule has 0 bridgehead atoms. The van der Waals surface area contributed by atoms with Crippen LogP contribution in [0.1, 0.15) is 5.56 Å². The molecule has 17 heavy (non-hydrogen) atoms. The van der Waals surface area contributed by atoms with Crippen LogP contribution in [0.2, 0.25) is 0 Å². The Morgan fingerprint density at radius 3 is 1.71 bits per heavy atom. The van der Waals surface area contributed by atoms with Gasteiger partial charge in [0, 0.05) is 12.0 Å². The molecule has 0 spiro atoms. The zero-order chi connectivity index (χ0) is 13.3. The van der Waals surface area contributed by atoms with Crippen LogP contribution in [-0.2, 0) is 11.2 Å². The van der Waals surface area contributed by atoms with Gasteiger partial charge in [0.05, 0.1) is 5.97 Å². The van der Waals surface area contributed by atoms with E-state index in [-0.39, 0.29) is 0 Å². The van der Waals surface area contributed by atoms with E-state index in [0.29, 0.717) is 0 Å². The molecule has 94 valence electrons. The van der Waals surface area contributed by atoms with Crippen molar-refractivity contribution in [2.24, 2.45) is 0 Å². The van der Waals surface area contributed by atoms with Gasteiger partial charge < -0.3 is 15.6 Å². The van der Waals surface area contributed by atoms with Gasteiger partial charge in [0.2, 0.25) is 5.82 Å². The second-order valence-electron chi connectivity index (χ2n) is 3.27. The van der Waals surface area contributed by atoms with E-state index in [4.69, 9.17) is 0 Å². The molecule has 0 aliphatic carbocycles. The summed E-state index contributed by atoms with van der Waals surface area (Å²) in [5.74, 6) is -12.4. The summed E-state index contributed by atoms with van der Waals surface area (Å²) in [5, 5.41) is 10.3. The minimum atomic E-state index is -2.29. The quantitative estimate of drug-likeness (QED) is 0.440. The van der Waals surface area contributed by atoms with E-state index in [1.54, 1.807) is 0 Å². The van der Waals surface area contributed by atoms with Crippen LogP contribution in [-0.4, -0.2) is 12.0 Å². The summed E-state index contributed by atoms with van der Waals surface area (Å²) in [5.41, 5.74) is 1.75. The van der Waals surface area contributed by atoms with Crippen LogP contribution in [0.4, 0.5) is 22.0 Å². The van der Waals surface area contributed by atoms with Crippen LogP contribution in [0.25, 0.3) is 0 Å². The molecule has 1 atom stereocenters. The van der Waals surface area contributed by atoms with Crippen molar-refractivity contribution in [2.75, 3.05) is 0 Å². The maximum atomic E-state index is 13.1. The number of hydrogen-bond acceptors (Lipinski definition) is 2. The Kier molecular flexibility index (Phi) is 3.66. The molecular weight excluding hydrogens is 249 g/mol. The van der Waals surface area contributed by atoms with E-state index < -0.39 is 53.1 Å². The number of aliphatic carboxylic acids is 1. The van der Waals surface area contributed by atoms with Crippen molar-refractivity contribution in [3.63, 3.8) is 0 Å². The van der Waals surface area contributed by atoms with E-state index >= 15 is 0 Å². The van der Waals surface area contributed by atoms with Crippen molar-refractivity contribution < 1.29 is 37.6 Å². The molecule has 0 heterocycles. The van der Waals surface area contributed by atoms with Crippen LogP contribution in [0.5, 0.6) is 0 Å². The lowest BCUT2D eigenvalue weighted by Gasteiger charge is -2.12. The number of carboxylic acids is 1. The van der Waals surface area contributed by atoms with Crippen molar-refractivity contribution in [1.29, 1.82) is 0 Å². The highest BCUT2D eigenvalue weighted by molar-refractivity contribution is 5.69. The van der Waals surface area contributed by atoms with Crippen LogP contribution in [0, 0.1) is 29.1 Å². The average molecular weight is 255 g/mol. The van der Waals surface area contributed by atoms with Gasteiger partial charge in [-0.05, 0) is 0 Å². The molecule has 0 aliphatic heterocycles. The van der Waals surface area contributed by atoms with Gasteiger partial charge in [-0.1, -0.05) is 0 Å². The monoisotopic (exact) mass is 255 g/mol. The lowest BCUT2D eigenvalue weighted by atomic mass is 10.0. The lowest BCUT2D eigenvalue weighted by molar-refractivity contribution is -0.437. The highest BCUT2D eigenvalue weighted by Gasteiger charge is 2.27. The first kappa shape index (κ1) is 13.4. The molecule has 3 N–H and O–H groups in total. The van der Waals surface area contributed by atoms with Gasteiger partial charge >= 0.3 is 0 Å². The van der Waals surface area contributed by atoms with E-state index in [1.165, 1.54) is 0 Å². The molecule has 1 aromatic carbocycles. The fraction of sp³-hybridized carbons (Fsp3) is 0.222.